The van der Waals surface area contributed by atoms with Crippen LogP contribution in [0.5, 0.6) is 0 Å². The first kappa shape index (κ1) is 25.0. The van der Waals surface area contributed by atoms with Gasteiger partial charge in [0.15, 0.2) is 5.82 Å². The summed E-state index contributed by atoms with van der Waals surface area (Å²) in [6.07, 6.45) is 0. The highest BCUT2D eigenvalue weighted by Gasteiger charge is 2.20. The molecule has 0 saturated heterocycles. The third kappa shape index (κ3) is 3.69. The van der Waals surface area contributed by atoms with Crippen molar-refractivity contribution in [2.24, 2.45) is 0 Å². The molecule has 6 aromatic carbocycles. The fraction of sp³-hybridized carbons (Fsp3) is 0. The minimum absolute atomic E-state index is 0.750. The van der Waals surface area contributed by atoms with Gasteiger partial charge in [-0.15, -0.1) is 22.7 Å². The average Bonchev–Trinajstić information content (AvgIpc) is 3.77. The molecule has 45 heavy (non-hydrogen) atoms. The lowest BCUT2D eigenvalue weighted by atomic mass is 10.1. The molecule has 0 amide bonds. The van der Waals surface area contributed by atoms with Crippen LogP contribution in [0.2, 0.25) is 0 Å². The van der Waals surface area contributed by atoms with Crippen LogP contribution < -0.4 is 0 Å². The summed E-state index contributed by atoms with van der Waals surface area (Å²) in [6.45, 7) is 0. The van der Waals surface area contributed by atoms with Crippen molar-refractivity contribution in [2.45, 2.75) is 0 Å². The van der Waals surface area contributed by atoms with Gasteiger partial charge in [0, 0.05) is 57.8 Å². The maximum atomic E-state index is 5.16. The second-order valence-electron chi connectivity index (χ2n) is 11.4. The Labute approximate surface area is 266 Å². The van der Waals surface area contributed by atoms with Crippen molar-refractivity contribution in [2.75, 3.05) is 0 Å². The molecule has 0 spiro atoms. The SMILES string of the molecule is c1ccc(-c2nc(-c3ccccc3)c3sc4cc(-n5c6ccccc6c6c7c(ccc65)sc5ccccc57)ccc4c3n2)cc1. The fourth-order valence-electron chi connectivity index (χ4n) is 6.83. The molecule has 0 saturated carbocycles. The molecular formula is C40H23N3S2. The van der Waals surface area contributed by atoms with E-state index >= 15 is 0 Å². The molecule has 0 radical (unpaired) electrons. The summed E-state index contributed by atoms with van der Waals surface area (Å²) in [5.41, 5.74) is 7.69. The van der Waals surface area contributed by atoms with Crippen molar-refractivity contribution in [1.82, 2.24) is 14.5 Å². The monoisotopic (exact) mass is 609 g/mol. The zero-order valence-corrected chi connectivity index (χ0v) is 25.6. The van der Waals surface area contributed by atoms with Gasteiger partial charge in [-0.3, -0.25) is 0 Å². The summed E-state index contributed by atoms with van der Waals surface area (Å²) in [5.74, 6) is 0.750. The van der Waals surface area contributed by atoms with Crippen LogP contribution in [-0.2, 0) is 0 Å². The molecule has 210 valence electrons. The Morgan fingerprint density at radius 2 is 1.20 bits per heavy atom. The van der Waals surface area contributed by atoms with Gasteiger partial charge < -0.3 is 4.57 Å². The average molecular weight is 610 g/mol. The highest BCUT2D eigenvalue weighted by molar-refractivity contribution is 7.26. The van der Waals surface area contributed by atoms with Gasteiger partial charge in [0.2, 0.25) is 0 Å². The Kier molecular flexibility index (Phi) is 5.32. The number of para-hydroxylation sites is 1. The van der Waals surface area contributed by atoms with E-state index in [1.165, 1.54) is 46.7 Å². The van der Waals surface area contributed by atoms with Crippen molar-refractivity contribution in [1.29, 1.82) is 0 Å². The van der Waals surface area contributed by atoms with E-state index in [9.17, 15) is 0 Å². The van der Waals surface area contributed by atoms with Gasteiger partial charge in [0.1, 0.15) is 0 Å². The summed E-state index contributed by atoms with van der Waals surface area (Å²) in [6, 6.07) is 49.8. The van der Waals surface area contributed by atoms with Gasteiger partial charge in [-0.2, -0.15) is 0 Å². The van der Waals surface area contributed by atoms with E-state index in [0.717, 1.165) is 43.9 Å². The fourth-order valence-corrected chi connectivity index (χ4v) is 9.13. The predicted molar refractivity (Wildman–Crippen MR) is 193 cm³/mol. The largest absolute Gasteiger partial charge is 0.309 e. The van der Waals surface area contributed by atoms with Crippen molar-refractivity contribution < 1.29 is 0 Å². The van der Waals surface area contributed by atoms with Crippen molar-refractivity contribution in [3.05, 3.63) is 140 Å². The number of aromatic nitrogens is 3. The van der Waals surface area contributed by atoms with E-state index in [2.05, 4.69) is 126 Å². The van der Waals surface area contributed by atoms with Gasteiger partial charge in [0.25, 0.3) is 0 Å². The maximum Gasteiger partial charge on any atom is 0.160 e. The first-order chi connectivity index (χ1) is 22.3. The minimum atomic E-state index is 0.750. The summed E-state index contributed by atoms with van der Waals surface area (Å²) < 4.78 is 7.40. The molecule has 0 fully saturated rings. The molecule has 3 nitrogen and oxygen atoms in total. The highest BCUT2D eigenvalue weighted by Crippen LogP contribution is 2.45. The molecule has 0 N–H and O–H groups in total. The van der Waals surface area contributed by atoms with Crippen LogP contribution >= 0.6 is 22.7 Å². The van der Waals surface area contributed by atoms with E-state index < -0.39 is 0 Å². The Morgan fingerprint density at radius 1 is 0.467 bits per heavy atom. The first-order valence-corrected chi connectivity index (χ1v) is 16.6. The molecule has 0 atom stereocenters. The molecule has 0 bridgehead atoms. The number of hydrogen-bond acceptors (Lipinski definition) is 4. The number of benzene rings is 6. The zero-order valence-electron chi connectivity index (χ0n) is 23.9. The molecule has 0 aliphatic rings. The molecule has 0 unspecified atom stereocenters. The zero-order chi connectivity index (χ0) is 29.5. The Hall–Kier alpha value is -5.36. The number of rotatable bonds is 3. The third-order valence-corrected chi connectivity index (χ3v) is 11.1. The molecular weight excluding hydrogens is 587 g/mol. The first-order valence-electron chi connectivity index (χ1n) is 15.0. The summed E-state index contributed by atoms with van der Waals surface area (Å²) >= 11 is 3.65. The van der Waals surface area contributed by atoms with Crippen LogP contribution in [-0.4, -0.2) is 14.5 Å². The molecule has 10 rings (SSSR count). The maximum absolute atomic E-state index is 5.16. The van der Waals surface area contributed by atoms with Gasteiger partial charge in [-0.25, -0.2) is 9.97 Å². The summed E-state index contributed by atoms with van der Waals surface area (Å²) in [5, 5.41) is 6.43. The van der Waals surface area contributed by atoms with Crippen LogP contribution in [0.3, 0.4) is 0 Å². The van der Waals surface area contributed by atoms with E-state index in [4.69, 9.17) is 9.97 Å². The smallest absolute Gasteiger partial charge is 0.160 e. The van der Waals surface area contributed by atoms with E-state index in [-0.39, 0.29) is 0 Å². The molecule has 0 aliphatic heterocycles. The normalized spacial score (nSPS) is 12.0. The molecule has 0 aliphatic carbocycles. The van der Waals surface area contributed by atoms with Crippen molar-refractivity contribution in [3.8, 4) is 28.3 Å². The van der Waals surface area contributed by atoms with Crippen LogP contribution in [0.1, 0.15) is 0 Å². The lowest BCUT2D eigenvalue weighted by Crippen LogP contribution is -1.94. The Bertz CT molecular complexity index is 2750. The standard InChI is InChI=1S/C40H23N3S2/c1-3-11-24(12-4-1)37-39-38(42-40(41-37)25-13-5-2-6-14-25)29-20-19-26(23-34(29)45-39)43-30-17-9-7-15-27(30)35-31(43)21-22-33-36(35)28-16-8-10-18-32(28)44-33/h1-23H. The highest BCUT2D eigenvalue weighted by atomic mass is 32.1. The minimum Gasteiger partial charge on any atom is -0.309 e. The molecule has 10 aromatic rings. The van der Waals surface area contributed by atoms with Gasteiger partial charge in [-0.05, 0) is 42.5 Å². The summed E-state index contributed by atoms with van der Waals surface area (Å²) in [4.78, 5) is 10.3. The second-order valence-corrected chi connectivity index (χ2v) is 13.5. The van der Waals surface area contributed by atoms with Gasteiger partial charge >= 0.3 is 0 Å². The van der Waals surface area contributed by atoms with Crippen LogP contribution in [0.15, 0.2) is 140 Å². The second kappa shape index (κ2) is 9.57. The van der Waals surface area contributed by atoms with Crippen molar-refractivity contribution in [3.63, 3.8) is 0 Å². The van der Waals surface area contributed by atoms with E-state index in [1.54, 1.807) is 11.3 Å². The lowest BCUT2D eigenvalue weighted by molar-refractivity contribution is 1.19. The molecule has 4 aromatic heterocycles. The van der Waals surface area contributed by atoms with E-state index in [1.807, 2.05) is 29.5 Å². The van der Waals surface area contributed by atoms with Crippen LogP contribution in [0.4, 0.5) is 0 Å². The molecule has 5 heteroatoms. The quantitative estimate of drug-likeness (QED) is 0.199. The Morgan fingerprint density at radius 3 is 2.04 bits per heavy atom. The molecule has 4 heterocycles. The number of thiophene rings is 2. The third-order valence-electron chi connectivity index (χ3n) is 8.81. The van der Waals surface area contributed by atoms with Crippen LogP contribution in [0.25, 0.3) is 90.6 Å². The number of nitrogens with zero attached hydrogens (tertiary/aromatic N) is 3. The predicted octanol–water partition coefficient (Wildman–Crippen LogP) is 11.6. The Balaban J connectivity index is 1.26. The number of fused-ring (bicyclic) bond motifs is 10. The number of hydrogen-bond donors (Lipinski definition) is 0. The lowest BCUT2D eigenvalue weighted by Gasteiger charge is -2.08. The van der Waals surface area contributed by atoms with Crippen LogP contribution in [0, 0.1) is 0 Å². The topological polar surface area (TPSA) is 30.7 Å². The van der Waals surface area contributed by atoms with E-state index in [0.29, 0.717) is 0 Å². The van der Waals surface area contributed by atoms with Crippen molar-refractivity contribution >= 4 is 85.0 Å². The van der Waals surface area contributed by atoms with Gasteiger partial charge in [-0.1, -0.05) is 97.1 Å². The van der Waals surface area contributed by atoms with Gasteiger partial charge in [0.05, 0.1) is 26.9 Å². The summed E-state index contributed by atoms with van der Waals surface area (Å²) in [7, 11) is 0.